The van der Waals surface area contributed by atoms with Crippen molar-refractivity contribution in [3.05, 3.63) is 78.3 Å². The Bertz CT molecular complexity index is 1110. The molecule has 0 atom stereocenters. The molecule has 0 saturated heterocycles. The van der Waals surface area contributed by atoms with E-state index in [0.29, 0.717) is 18.1 Å². The molecule has 7 nitrogen and oxygen atoms in total. The van der Waals surface area contributed by atoms with Gasteiger partial charge in [-0.1, -0.05) is 18.2 Å². The second-order valence-corrected chi connectivity index (χ2v) is 8.79. The minimum absolute atomic E-state index is 0.174. The number of furan rings is 1. The van der Waals surface area contributed by atoms with Gasteiger partial charge in [-0.25, -0.2) is 8.42 Å². The van der Waals surface area contributed by atoms with E-state index in [-0.39, 0.29) is 24.0 Å². The molecular weight excluding hydrogens is 404 g/mol. The van der Waals surface area contributed by atoms with Crippen LogP contribution in [0.25, 0.3) is 0 Å². The van der Waals surface area contributed by atoms with Gasteiger partial charge in [0.25, 0.3) is 15.9 Å². The van der Waals surface area contributed by atoms with E-state index in [9.17, 15) is 13.2 Å². The molecule has 0 bridgehead atoms. The highest BCUT2D eigenvalue weighted by atomic mass is 32.2. The first-order valence-corrected chi connectivity index (χ1v) is 11.1. The van der Waals surface area contributed by atoms with Crippen LogP contribution in [0.2, 0.25) is 0 Å². The van der Waals surface area contributed by atoms with Crippen LogP contribution in [0.5, 0.6) is 5.75 Å². The molecule has 1 aliphatic heterocycles. The Morgan fingerprint density at radius 1 is 1.07 bits per heavy atom. The van der Waals surface area contributed by atoms with Crippen molar-refractivity contribution in [3.8, 4) is 5.75 Å². The summed E-state index contributed by atoms with van der Waals surface area (Å²) in [5.74, 6) is 0.770. The number of ether oxygens (including phenoxy) is 1. The SMILES string of the molecule is O=C(COc1ccc(S(=O)(=O)N2CCCc3ccccc32)cc1)NCc1ccco1. The van der Waals surface area contributed by atoms with Gasteiger partial charge in [0.1, 0.15) is 11.5 Å². The zero-order valence-corrected chi connectivity index (χ0v) is 17.1. The predicted octanol–water partition coefficient (Wildman–Crippen LogP) is 3.12. The van der Waals surface area contributed by atoms with Gasteiger partial charge in [0, 0.05) is 6.54 Å². The molecule has 2 heterocycles. The summed E-state index contributed by atoms with van der Waals surface area (Å²) in [7, 11) is -3.67. The number of carbonyl (C=O) groups is 1. The molecule has 1 aromatic heterocycles. The molecule has 0 aliphatic carbocycles. The van der Waals surface area contributed by atoms with Crippen molar-refractivity contribution >= 4 is 21.6 Å². The van der Waals surface area contributed by atoms with Crippen LogP contribution in [0.3, 0.4) is 0 Å². The van der Waals surface area contributed by atoms with Gasteiger partial charge in [0.2, 0.25) is 0 Å². The van der Waals surface area contributed by atoms with Gasteiger partial charge >= 0.3 is 0 Å². The first kappa shape index (κ1) is 20.0. The summed E-state index contributed by atoms with van der Waals surface area (Å²) in [5, 5.41) is 2.68. The normalized spacial score (nSPS) is 13.5. The fourth-order valence-electron chi connectivity index (χ4n) is 3.38. The average Bonchev–Trinajstić information content (AvgIpc) is 3.30. The molecule has 1 amide bonds. The molecule has 4 rings (SSSR count). The summed E-state index contributed by atoms with van der Waals surface area (Å²) in [6.45, 7) is 0.559. The van der Waals surface area contributed by atoms with E-state index in [4.69, 9.17) is 9.15 Å². The standard InChI is InChI=1S/C22H22N2O5S/c25-22(23-15-19-7-4-14-28-19)16-29-18-9-11-20(12-10-18)30(26,27)24-13-3-6-17-5-1-2-8-21(17)24/h1-2,4-5,7-12,14H,3,6,13,15-16H2,(H,23,25). The van der Waals surface area contributed by atoms with Gasteiger partial charge in [-0.15, -0.1) is 0 Å². The molecule has 0 unspecified atom stereocenters. The summed E-state index contributed by atoms with van der Waals surface area (Å²) in [6, 6.07) is 17.2. The van der Waals surface area contributed by atoms with Gasteiger partial charge in [-0.05, 0) is 60.9 Å². The molecule has 156 valence electrons. The number of hydrogen-bond acceptors (Lipinski definition) is 5. The number of carbonyl (C=O) groups excluding carboxylic acids is 1. The Labute approximate surface area is 175 Å². The first-order chi connectivity index (χ1) is 14.5. The van der Waals surface area contributed by atoms with Gasteiger partial charge < -0.3 is 14.5 Å². The van der Waals surface area contributed by atoms with E-state index in [0.717, 1.165) is 24.1 Å². The van der Waals surface area contributed by atoms with E-state index in [1.165, 1.54) is 22.7 Å². The molecular formula is C22H22N2O5S. The predicted molar refractivity (Wildman–Crippen MR) is 112 cm³/mol. The van der Waals surface area contributed by atoms with Crippen molar-refractivity contribution in [1.29, 1.82) is 0 Å². The monoisotopic (exact) mass is 426 g/mol. The van der Waals surface area contributed by atoms with E-state index < -0.39 is 10.0 Å². The van der Waals surface area contributed by atoms with Crippen LogP contribution in [0.4, 0.5) is 5.69 Å². The molecule has 1 N–H and O–H groups in total. The summed E-state index contributed by atoms with van der Waals surface area (Å²) in [4.78, 5) is 12.1. The van der Waals surface area contributed by atoms with E-state index >= 15 is 0 Å². The molecule has 2 aromatic carbocycles. The fourth-order valence-corrected chi connectivity index (χ4v) is 4.92. The van der Waals surface area contributed by atoms with E-state index in [1.54, 1.807) is 24.3 Å². The maximum absolute atomic E-state index is 13.1. The Hall–Kier alpha value is -3.26. The van der Waals surface area contributed by atoms with Gasteiger partial charge in [0.05, 0.1) is 23.4 Å². The minimum atomic E-state index is -3.67. The highest BCUT2D eigenvalue weighted by molar-refractivity contribution is 7.92. The summed E-state index contributed by atoms with van der Waals surface area (Å²) in [6.07, 6.45) is 3.19. The quantitative estimate of drug-likeness (QED) is 0.627. The van der Waals surface area contributed by atoms with Crippen LogP contribution in [0.1, 0.15) is 17.7 Å². The molecule has 0 saturated carbocycles. The Balaban J connectivity index is 1.39. The minimum Gasteiger partial charge on any atom is -0.484 e. The highest BCUT2D eigenvalue weighted by Gasteiger charge is 2.28. The Morgan fingerprint density at radius 2 is 1.87 bits per heavy atom. The van der Waals surface area contributed by atoms with Crippen molar-refractivity contribution in [2.75, 3.05) is 17.5 Å². The third-order valence-electron chi connectivity index (χ3n) is 4.89. The lowest BCUT2D eigenvalue weighted by molar-refractivity contribution is -0.123. The number of sulfonamides is 1. The topological polar surface area (TPSA) is 88.9 Å². The maximum atomic E-state index is 13.1. The van der Waals surface area contributed by atoms with Crippen LogP contribution in [-0.4, -0.2) is 27.5 Å². The molecule has 0 fully saturated rings. The van der Waals surface area contributed by atoms with Crippen LogP contribution < -0.4 is 14.4 Å². The highest BCUT2D eigenvalue weighted by Crippen LogP contribution is 2.32. The van der Waals surface area contributed by atoms with Crippen molar-refractivity contribution in [3.63, 3.8) is 0 Å². The smallest absolute Gasteiger partial charge is 0.264 e. The number of para-hydroxylation sites is 1. The second-order valence-electron chi connectivity index (χ2n) is 6.93. The fraction of sp³-hybridized carbons (Fsp3) is 0.227. The third-order valence-corrected chi connectivity index (χ3v) is 6.72. The molecule has 3 aromatic rings. The number of aryl methyl sites for hydroxylation is 1. The number of hydrogen-bond donors (Lipinski definition) is 1. The lowest BCUT2D eigenvalue weighted by Crippen LogP contribution is -2.35. The maximum Gasteiger partial charge on any atom is 0.264 e. The number of nitrogens with zero attached hydrogens (tertiary/aromatic N) is 1. The number of benzene rings is 2. The van der Waals surface area contributed by atoms with Crippen LogP contribution >= 0.6 is 0 Å². The van der Waals surface area contributed by atoms with Crippen molar-refractivity contribution in [2.45, 2.75) is 24.3 Å². The molecule has 0 spiro atoms. The summed E-state index contributed by atoms with van der Waals surface area (Å²) in [5.41, 5.74) is 1.77. The van der Waals surface area contributed by atoms with E-state index in [2.05, 4.69) is 5.32 Å². The summed E-state index contributed by atoms with van der Waals surface area (Å²) >= 11 is 0. The Kier molecular flexibility index (Phi) is 5.76. The first-order valence-electron chi connectivity index (χ1n) is 9.66. The van der Waals surface area contributed by atoms with Crippen LogP contribution in [-0.2, 0) is 27.8 Å². The van der Waals surface area contributed by atoms with Gasteiger partial charge in [-0.2, -0.15) is 0 Å². The molecule has 1 aliphatic rings. The lowest BCUT2D eigenvalue weighted by Gasteiger charge is -2.30. The zero-order chi connectivity index (χ0) is 21.0. The van der Waals surface area contributed by atoms with Gasteiger partial charge in [-0.3, -0.25) is 9.10 Å². The van der Waals surface area contributed by atoms with Crippen molar-refractivity contribution in [1.82, 2.24) is 5.32 Å². The van der Waals surface area contributed by atoms with Crippen molar-refractivity contribution in [2.24, 2.45) is 0 Å². The number of rotatable bonds is 7. The third kappa shape index (κ3) is 4.33. The second kappa shape index (κ2) is 8.62. The van der Waals surface area contributed by atoms with Gasteiger partial charge in [0.15, 0.2) is 6.61 Å². The van der Waals surface area contributed by atoms with Crippen LogP contribution in [0.15, 0.2) is 76.2 Å². The largest absolute Gasteiger partial charge is 0.484 e. The molecule has 30 heavy (non-hydrogen) atoms. The summed E-state index contributed by atoms with van der Waals surface area (Å²) < 4.78 is 38.3. The number of fused-ring (bicyclic) bond motifs is 1. The number of nitrogens with one attached hydrogen (secondary N) is 1. The average molecular weight is 426 g/mol. The van der Waals surface area contributed by atoms with Crippen LogP contribution in [0, 0.1) is 0 Å². The van der Waals surface area contributed by atoms with Crippen molar-refractivity contribution < 1.29 is 22.4 Å². The van der Waals surface area contributed by atoms with E-state index in [1.807, 2.05) is 24.3 Å². The molecule has 8 heteroatoms. The Morgan fingerprint density at radius 3 is 2.63 bits per heavy atom. The number of amides is 1. The zero-order valence-electron chi connectivity index (χ0n) is 16.3. The molecule has 0 radical (unpaired) electrons. The lowest BCUT2D eigenvalue weighted by atomic mass is 10.0. The number of anilines is 1.